The van der Waals surface area contributed by atoms with Crippen LogP contribution in [0.5, 0.6) is 0 Å². The molecule has 5 N–H and O–H groups in total. The quantitative estimate of drug-likeness (QED) is 0.335. The van der Waals surface area contributed by atoms with Gasteiger partial charge in [0.15, 0.2) is 0 Å². The molecule has 3 rings (SSSR count). The van der Waals surface area contributed by atoms with Crippen molar-refractivity contribution in [2.24, 2.45) is 0 Å². The number of fused-ring (bicyclic) bond motifs is 1. The summed E-state index contributed by atoms with van der Waals surface area (Å²) in [7, 11) is 0. The Labute approximate surface area is 137 Å². The molecular weight excluding hydrogens is 304 g/mol. The zero-order chi connectivity index (χ0) is 16.9. The number of nitrogen functional groups attached to an aromatic ring is 1. The average molecular weight is 318 g/mol. The van der Waals surface area contributed by atoms with E-state index in [1.807, 2.05) is 24.3 Å². The number of nitrogens with one attached hydrogen (secondary N) is 3. The van der Waals surface area contributed by atoms with Crippen molar-refractivity contribution in [1.29, 1.82) is 5.26 Å². The maximum absolute atomic E-state index is 12.1. The molecule has 3 aromatic rings. The summed E-state index contributed by atoms with van der Waals surface area (Å²) >= 11 is 0. The molecule has 2 aromatic carbocycles. The van der Waals surface area contributed by atoms with Crippen LogP contribution in [0.2, 0.25) is 0 Å². The third kappa shape index (κ3) is 3.34. The van der Waals surface area contributed by atoms with E-state index in [1.54, 1.807) is 30.6 Å². The third-order valence-corrected chi connectivity index (χ3v) is 3.34. The standard InChI is InChI=1S/C17H14N6O/c18-8-11(17(24)23-13-3-1-12(19)2-4-13)9-20-14-5-6-15-16(7-14)22-10-21-15/h1-7,9-10,20H,19H2,(H,21,22)(H,23,24)/b11-9-. The maximum Gasteiger partial charge on any atom is 0.267 e. The largest absolute Gasteiger partial charge is 0.399 e. The van der Waals surface area contributed by atoms with Crippen molar-refractivity contribution in [3.8, 4) is 6.07 Å². The molecule has 0 saturated heterocycles. The van der Waals surface area contributed by atoms with Crippen LogP contribution in [0.15, 0.2) is 60.6 Å². The fourth-order valence-electron chi connectivity index (χ4n) is 2.09. The molecule has 0 atom stereocenters. The number of carbonyl (C=O) groups excluding carboxylic acids is 1. The van der Waals surface area contributed by atoms with E-state index in [2.05, 4.69) is 20.6 Å². The van der Waals surface area contributed by atoms with Crippen molar-refractivity contribution in [3.63, 3.8) is 0 Å². The van der Waals surface area contributed by atoms with Crippen LogP contribution < -0.4 is 16.4 Å². The first-order valence-electron chi connectivity index (χ1n) is 7.12. The van der Waals surface area contributed by atoms with Crippen LogP contribution >= 0.6 is 0 Å². The van der Waals surface area contributed by atoms with E-state index in [9.17, 15) is 10.1 Å². The van der Waals surface area contributed by atoms with Gasteiger partial charge in [-0.2, -0.15) is 5.26 Å². The molecule has 0 radical (unpaired) electrons. The molecule has 0 aliphatic rings. The van der Waals surface area contributed by atoms with Crippen LogP contribution in [0.1, 0.15) is 0 Å². The second kappa shape index (κ2) is 6.54. The number of aromatic nitrogens is 2. The normalized spacial score (nSPS) is 11.0. The van der Waals surface area contributed by atoms with E-state index in [1.165, 1.54) is 6.20 Å². The van der Waals surface area contributed by atoms with Crippen molar-refractivity contribution in [3.05, 3.63) is 60.6 Å². The summed E-state index contributed by atoms with van der Waals surface area (Å²) in [6.07, 6.45) is 2.97. The minimum atomic E-state index is -0.502. The van der Waals surface area contributed by atoms with Crippen LogP contribution in [0.4, 0.5) is 17.1 Å². The molecule has 1 heterocycles. The maximum atomic E-state index is 12.1. The van der Waals surface area contributed by atoms with E-state index in [-0.39, 0.29) is 5.57 Å². The Bertz CT molecular complexity index is 949. The number of H-pyrrole nitrogens is 1. The summed E-state index contributed by atoms with van der Waals surface area (Å²) in [4.78, 5) is 19.3. The van der Waals surface area contributed by atoms with Gasteiger partial charge in [-0.15, -0.1) is 0 Å². The van der Waals surface area contributed by atoms with Crippen LogP contribution in [0.3, 0.4) is 0 Å². The zero-order valence-corrected chi connectivity index (χ0v) is 12.6. The van der Waals surface area contributed by atoms with Gasteiger partial charge in [-0.3, -0.25) is 4.79 Å². The fraction of sp³-hybridized carbons (Fsp3) is 0. The van der Waals surface area contributed by atoms with E-state index < -0.39 is 5.91 Å². The zero-order valence-electron chi connectivity index (χ0n) is 12.6. The number of aromatic amines is 1. The number of amides is 1. The Hall–Kier alpha value is -3.79. The molecule has 0 spiro atoms. The lowest BCUT2D eigenvalue weighted by atomic mass is 10.2. The third-order valence-electron chi connectivity index (χ3n) is 3.34. The number of nitriles is 1. The van der Waals surface area contributed by atoms with Gasteiger partial charge in [0.05, 0.1) is 17.4 Å². The van der Waals surface area contributed by atoms with Gasteiger partial charge in [0, 0.05) is 23.3 Å². The number of hydrogen-bond donors (Lipinski definition) is 4. The Morgan fingerprint density at radius 2 is 1.96 bits per heavy atom. The number of carbonyl (C=O) groups is 1. The number of nitrogens with zero attached hydrogens (tertiary/aromatic N) is 2. The van der Waals surface area contributed by atoms with Gasteiger partial charge in [0.1, 0.15) is 11.6 Å². The molecule has 7 heteroatoms. The van der Waals surface area contributed by atoms with Crippen molar-refractivity contribution in [2.45, 2.75) is 0 Å². The number of anilines is 3. The Morgan fingerprint density at radius 3 is 2.71 bits per heavy atom. The molecule has 0 aliphatic carbocycles. The molecule has 0 bridgehead atoms. The molecule has 0 fully saturated rings. The summed E-state index contributed by atoms with van der Waals surface area (Å²) in [5, 5.41) is 14.8. The summed E-state index contributed by atoms with van der Waals surface area (Å²) in [5.74, 6) is -0.502. The SMILES string of the molecule is N#C/C(=C/Nc1ccc2nc[nH]c2c1)C(=O)Nc1ccc(N)cc1. The first kappa shape index (κ1) is 15.1. The molecule has 7 nitrogen and oxygen atoms in total. The Balaban J connectivity index is 1.72. The lowest BCUT2D eigenvalue weighted by molar-refractivity contribution is -0.112. The molecule has 0 saturated carbocycles. The first-order valence-corrected chi connectivity index (χ1v) is 7.12. The number of benzene rings is 2. The van der Waals surface area contributed by atoms with Crippen LogP contribution in [-0.2, 0) is 4.79 Å². The van der Waals surface area contributed by atoms with Crippen molar-refractivity contribution < 1.29 is 4.79 Å². The second-order valence-corrected chi connectivity index (χ2v) is 5.02. The van der Waals surface area contributed by atoms with Gasteiger partial charge in [0.2, 0.25) is 0 Å². The lowest BCUT2D eigenvalue weighted by Crippen LogP contribution is -2.14. The monoisotopic (exact) mass is 318 g/mol. The predicted octanol–water partition coefficient (Wildman–Crippen LogP) is 2.60. The van der Waals surface area contributed by atoms with Gasteiger partial charge in [-0.05, 0) is 42.5 Å². The van der Waals surface area contributed by atoms with E-state index in [4.69, 9.17) is 5.73 Å². The average Bonchev–Trinajstić information content (AvgIpc) is 3.05. The number of hydrogen-bond acceptors (Lipinski definition) is 5. The van der Waals surface area contributed by atoms with Gasteiger partial charge in [-0.25, -0.2) is 4.98 Å². The fourth-order valence-corrected chi connectivity index (χ4v) is 2.09. The number of nitrogens with two attached hydrogens (primary N) is 1. The van der Waals surface area contributed by atoms with Crippen molar-refractivity contribution in [1.82, 2.24) is 9.97 Å². The molecular formula is C17H14N6O. The summed E-state index contributed by atoms with van der Waals surface area (Å²) < 4.78 is 0. The highest BCUT2D eigenvalue weighted by Gasteiger charge is 2.09. The molecule has 24 heavy (non-hydrogen) atoms. The van der Waals surface area contributed by atoms with Gasteiger partial charge >= 0.3 is 0 Å². The molecule has 1 amide bonds. The van der Waals surface area contributed by atoms with E-state index >= 15 is 0 Å². The van der Waals surface area contributed by atoms with E-state index in [0.717, 1.165) is 16.7 Å². The summed E-state index contributed by atoms with van der Waals surface area (Å²) in [6, 6.07) is 14.0. The first-order chi connectivity index (χ1) is 11.7. The topological polar surface area (TPSA) is 120 Å². The van der Waals surface area contributed by atoms with Gasteiger partial charge in [-0.1, -0.05) is 0 Å². The summed E-state index contributed by atoms with van der Waals surface area (Å²) in [6.45, 7) is 0. The van der Waals surface area contributed by atoms with Gasteiger partial charge in [0.25, 0.3) is 5.91 Å². The highest BCUT2D eigenvalue weighted by molar-refractivity contribution is 6.06. The Kier molecular flexibility index (Phi) is 4.12. The molecule has 118 valence electrons. The minimum Gasteiger partial charge on any atom is -0.399 e. The number of imidazole rings is 1. The van der Waals surface area contributed by atoms with Crippen LogP contribution in [-0.4, -0.2) is 15.9 Å². The smallest absolute Gasteiger partial charge is 0.267 e. The summed E-state index contributed by atoms with van der Waals surface area (Å²) in [5.41, 5.74) is 9.14. The highest BCUT2D eigenvalue weighted by Crippen LogP contribution is 2.16. The Morgan fingerprint density at radius 1 is 1.21 bits per heavy atom. The van der Waals surface area contributed by atoms with Crippen LogP contribution in [0.25, 0.3) is 11.0 Å². The highest BCUT2D eigenvalue weighted by atomic mass is 16.1. The lowest BCUT2D eigenvalue weighted by Gasteiger charge is -2.05. The number of rotatable bonds is 4. The van der Waals surface area contributed by atoms with Crippen molar-refractivity contribution in [2.75, 3.05) is 16.4 Å². The van der Waals surface area contributed by atoms with E-state index in [0.29, 0.717) is 11.4 Å². The molecule has 1 aromatic heterocycles. The van der Waals surface area contributed by atoms with Crippen molar-refractivity contribution >= 4 is 34.0 Å². The molecule has 0 unspecified atom stereocenters. The minimum absolute atomic E-state index is 0.0449. The van der Waals surface area contributed by atoms with Gasteiger partial charge < -0.3 is 21.4 Å². The predicted molar refractivity (Wildman–Crippen MR) is 92.9 cm³/mol. The molecule has 0 aliphatic heterocycles. The second-order valence-electron chi connectivity index (χ2n) is 5.02. The van der Waals surface area contributed by atoms with Crippen LogP contribution in [0, 0.1) is 11.3 Å².